The number of hydrogen-bond acceptors (Lipinski definition) is 3. The van der Waals surface area contributed by atoms with Crippen molar-refractivity contribution in [1.29, 1.82) is 0 Å². The van der Waals surface area contributed by atoms with Crippen molar-refractivity contribution in [3.63, 3.8) is 0 Å². The highest BCUT2D eigenvalue weighted by atomic mass is 79.9. The Kier molecular flexibility index (Phi) is 8.49. The molecule has 0 aliphatic rings. The van der Waals surface area contributed by atoms with E-state index in [1.807, 2.05) is 13.8 Å². The van der Waals surface area contributed by atoms with Gasteiger partial charge in [-0.25, -0.2) is 8.42 Å². The van der Waals surface area contributed by atoms with Crippen LogP contribution in [0.5, 0.6) is 0 Å². The first kappa shape index (κ1) is 22.9. The third-order valence-electron chi connectivity index (χ3n) is 4.20. The van der Waals surface area contributed by atoms with Crippen molar-refractivity contribution in [2.24, 2.45) is 0 Å². The standard InChI is InChI=1S/C20H24BrClN2O3S/c1-3-6-15(2)23-20(25)14-24(13-16-7-4-5-8-19(16)22)28(26,27)18-11-9-17(21)10-12-18/h4-5,7-12,15H,3,6,13-14H2,1-2H3,(H,23,25)/t15-/m0/s1. The van der Waals surface area contributed by atoms with Gasteiger partial charge in [0.05, 0.1) is 11.4 Å². The van der Waals surface area contributed by atoms with Gasteiger partial charge in [-0.2, -0.15) is 4.31 Å². The van der Waals surface area contributed by atoms with Gasteiger partial charge in [-0.3, -0.25) is 4.79 Å². The molecule has 2 rings (SSSR count). The van der Waals surface area contributed by atoms with Gasteiger partial charge in [0.15, 0.2) is 0 Å². The molecule has 1 N–H and O–H groups in total. The van der Waals surface area contributed by atoms with Crippen molar-refractivity contribution in [2.75, 3.05) is 6.54 Å². The van der Waals surface area contributed by atoms with Gasteiger partial charge in [-0.15, -0.1) is 0 Å². The molecule has 0 aromatic heterocycles. The molecule has 5 nitrogen and oxygen atoms in total. The fourth-order valence-corrected chi connectivity index (χ4v) is 4.62. The second kappa shape index (κ2) is 10.4. The highest BCUT2D eigenvalue weighted by molar-refractivity contribution is 9.10. The van der Waals surface area contributed by atoms with E-state index in [1.54, 1.807) is 36.4 Å². The van der Waals surface area contributed by atoms with E-state index in [-0.39, 0.29) is 29.9 Å². The lowest BCUT2D eigenvalue weighted by molar-refractivity contribution is -0.122. The van der Waals surface area contributed by atoms with Crippen LogP contribution in [0.25, 0.3) is 0 Å². The molecule has 0 saturated heterocycles. The largest absolute Gasteiger partial charge is 0.353 e. The zero-order chi connectivity index (χ0) is 20.7. The number of hydrogen-bond donors (Lipinski definition) is 1. The maximum atomic E-state index is 13.2. The molecule has 0 bridgehead atoms. The van der Waals surface area contributed by atoms with Gasteiger partial charge < -0.3 is 5.32 Å². The number of carbonyl (C=O) groups excluding carboxylic acids is 1. The lowest BCUT2D eigenvalue weighted by Crippen LogP contribution is -2.43. The van der Waals surface area contributed by atoms with E-state index in [0.717, 1.165) is 21.6 Å². The number of amides is 1. The summed E-state index contributed by atoms with van der Waals surface area (Å²) in [6.07, 6.45) is 1.76. The fraction of sp³-hybridized carbons (Fsp3) is 0.350. The zero-order valence-electron chi connectivity index (χ0n) is 15.9. The van der Waals surface area contributed by atoms with Crippen molar-refractivity contribution < 1.29 is 13.2 Å². The van der Waals surface area contributed by atoms with Crippen LogP contribution in [0.1, 0.15) is 32.3 Å². The minimum absolute atomic E-state index is 0.00759. The molecule has 0 fully saturated rings. The van der Waals surface area contributed by atoms with E-state index in [2.05, 4.69) is 21.2 Å². The van der Waals surface area contributed by atoms with Crippen LogP contribution in [-0.2, 0) is 21.4 Å². The average Bonchev–Trinajstić information content (AvgIpc) is 2.63. The third kappa shape index (κ3) is 6.30. The van der Waals surface area contributed by atoms with Crippen molar-refractivity contribution in [1.82, 2.24) is 9.62 Å². The molecule has 152 valence electrons. The normalized spacial score (nSPS) is 12.8. The molecule has 2 aromatic rings. The van der Waals surface area contributed by atoms with E-state index >= 15 is 0 Å². The average molecular weight is 488 g/mol. The van der Waals surface area contributed by atoms with Gasteiger partial charge in [0.25, 0.3) is 0 Å². The lowest BCUT2D eigenvalue weighted by atomic mass is 10.2. The van der Waals surface area contributed by atoms with Crippen molar-refractivity contribution >= 4 is 43.5 Å². The Balaban J connectivity index is 2.31. The summed E-state index contributed by atoms with van der Waals surface area (Å²) in [6, 6.07) is 13.3. The second-order valence-electron chi connectivity index (χ2n) is 6.58. The highest BCUT2D eigenvalue weighted by Gasteiger charge is 2.27. The first-order chi connectivity index (χ1) is 13.2. The minimum atomic E-state index is -3.88. The van der Waals surface area contributed by atoms with Gasteiger partial charge >= 0.3 is 0 Å². The number of benzene rings is 2. The number of nitrogens with zero attached hydrogens (tertiary/aromatic N) is 1. The highest BCUT2D eigenvalue weighted by Crippen LogP contribution is 2.23. The molecule has 1 atom stereocenters. The number of halogens is 2. The molecular weight excluding hydrogens is 464 g/mol. The predicted octanol–water partition coefficient (Wildman–Crippen LogP) is 4.60. The minimum Gasteiger partial charge on any atom is -0.353 e. The molecule has 8 heteroatoms. The summed E-state index contributed by atoms with van der Waals surface area (Å²) in [4.78, 5) is 12.6. The SMILES string of the molecule is CCC[C@H](C)NC(=O)CN(Cc1ccccc1Cl)S(=O)(=O)c1ccc(Br)cc1. The molecule has 0 unspecified atom stereocenters. The summed E-state index contributed by atoms with van der Waals surface area (Å²) in [5.41, 5.74) is 0.638. The van der Waals surface area contributed by atoms with Crippen molar-refractivity contribution in [3.05, 3.63) is 63.6 Å². The number of sulfonamides is 1. The Morgan fingerprint density at radius 2 is 1.82 bits per heavy atom. The maximum absolute atomic E-state index is 13.2. The van der Waals surface area contributed by atoms with Crippen molar-refractivity contribution in [3.8, 4) is 0 Å². The molecule has 0 saturated carbocycles. The van der Waals surface area contributed by atoms with Crippen molar-refractivity contribution in [2.45, 2.75) is 44.2 Å². The lowest BCUT2D eigenvalue weighted by Gasteiger charge is -2.23. The topological polar surface area (TPSA) is 66.5 Å². The maximum Gasteiger partial charge on any atom is 0.243 e. The van der Waals surface area contributed by atoms with Gasteiger partial charge in [-0.1, -0.05) is 59.1 Å². The third-order valence-corrected chi connectivity index (χ3v) is 6.91. The van der Waals surface area contributed by atoms with Crippen LogP contribution in [0.3, 0.4) is 0 Å². The second-order valence-corrected chi connectivity index (χ2v) is 9.84. The Hall–Kier alpha value is -1.41. The summed E-state index contributed by atoms with van der Waals surface area (Å²) in [6.45, 7) is 3.67. The van der Waals surface area contributed by atoms with Gasteiger partial charge in [-0.05, 0) is 49.2 Å². The summed E-state index contributed by atoms with van der Waals surface area (Å²) >= 11 is 9.52. The van der Waals surface area contributed by atoms with Crippen LogP contribution in [-0.4, -0.2) is 31.2 Å². The smallest absolute Gasteiger partial charge is 0.243 e. The summed E-state index contributed by atoms with van der Waals surface area (Å²) in [5.74, 6) is -0.339. The number of nitrogens with one attached hydrogen (secondary N) is 1. The monoisotopic (exact) mass is 486 g/mol. The van der Waals surface area contributed by atoms with E-state index in [0.29, 0.717) is 10.6 Å². The predicted molar refractivity (Wildman–Crippen MR) is 116 cm³/mol. The zero-order valence-corrected chi connectivity index (χ0v) is 19.0. The van der Waals surface area contributed by atoms with Crippen LogP contribution in [0.4, 0.5) is 0 Å². The summed E-state index contributed by atoms with van der Waals surface area (Å²) in [7, 11) is -3.88. The fourth-order valence-electron chi connectivity index (χ4n) is 2.78. The van der Waals surface area contributed by atoms with E-state index < -0.39 is 10.0 Å². The van der Waals surface area contributed by atoms with Gasteiger partial charge in [0, 0.05) is 22.1 Å². The Morgan fingerprint density at radius 3 is 2.43 bits per heavy atom. The molecule has 2 aromatic carbocycles. The quantitative estimate of drug-likeness (QED) is 0.562. The Bertz CT molecular complexity index is 904. The Labute approximate surface area is 180 Å². The summed E-state index contributed by atoms with van der Waals surface area (Å²) < 4.78 is 28.3. The van der Waals surface area contributed by atoms with Crippen LogP contribution < -0.4 is 5.32 Å². The van der Waals surface area contributed by atoms with Crippen LogP contribution in [0.15, 0.2) is 57.9 Å². The number of rotatable bonds is 9. The van der Waals surface area contributed by atoms with E-state index in [1.165, 1.54) is 12.1 Å². The molecule has 28 heavy (non-hydrogen) atoms. The molecule has 0 radical (unpaired) electrons. The molecule has 0 heterocycles. The summed E-state index contributed by atoms with van der Waals surface area (Å²) in [5, 5.41) is 3.32. The Morgan fingerprint density at radius 1 is 1.18 bits per heavy atom. The van der Waals surface area contributed by atoms with Crippen LogP contribution >= 0.6 is 27.5 Å². The van der Waals surface area contributed by atoms with Crippen LogP contribution in [0, 0.1) is 0 Å². The molecular formula is C20H24BrClN2O3S. The number of carbonyl (C=O) groups is 1. The van der Waals surface area contributed by atoms with E-state index in [4.69, 9.17) is 11.6 Å². The van der Waals surface area contributed by atoms with Gasteiger partial charge in [0.2, 0.25) is 15.9 Å². The first-order valence-electron chi connectivity index (χ1n) is 9.02. The molecule has 0 spiro atoms. The van der Waals surface area contributed by atoms with Gasteiger partial charge in [0.1, 0.15) is 0 Å². The molecule has 0 aliphatic heterocycles. The first-order valence-corrected chi connectivity index (χ1v) is 11.6. The molecule has 1 amide bonds. The molecule has 0 aliphatic carbocycles. The van der Waals surface area contributed by atoms with E-state index in [9.17, 15) is 13.2 Å². The van der Waals surface area contributed by atoms with Crippen LogP contribution in [0.2, 0.25) is 5.02 Å².